The molecule has 0 aliphatic rings. The first-order valence-electron chi connectivity index (χ1n) is 25.8. The Kier molecular flexibility index (Phi) is 31.9. The number of para-hydroxylation sites is 1. The van der Waals surface area contributed by atoms with E-state index in [0.717, 1.165) is 66.9 Å². The van der Waals surface area contributed by atoms with Crippen LogP contribution in [0.3, 0.4) is 0 Å². The van der Waals surface area contributed by atoms with Crippen molar-refractivity contribution in [2.75, 3.05) is 65.4 Å². The van der Waals surface area contributed by atoms with Crippen LogP contribution >= 0.6 is 0 Å². The Morgan fingerprint density at radius 1 is 0.648 bits per heavy atom. The zero-order chi connectivity index (χ0) is 53.3. The molecule has 3 unspecified atom stereocenters. The number of aliphatic carboxylic acids is 1. The van der Waals surface area contributed by atoms with Crippen molar-refractivity contribution in [3.8, 4) is 16.9 Å². The fourth-order valence-corrected chi connectivity index (χ4v) is 7.61. The predicted octanol–water partition coefficient (Wildman–Crippen LogP) is 11.7. The number of carbonyl (C=O) groups is 5. The molecular weight excluding hydrogens is 891 g/mol. The number of hydrogen-bond donors (Lipinski definition) is 3. The minimum Gasteiger partial charge on any atom is -0.484 e. The van der Waals surface area contributed by atoms with E-state index >= 15 is 0 Å². The normalized spacial score (nSPS) is 11.7. The molecule has 0 aliphatic heterocycles. The van der Waals surface area contributed by atoms with Crippen molar-refractivity contribution in [2.45, 2.75) is 121 Å². The number of nitrogens with one attached hydrogen (secondary N) is 2. The molecule has 0 fully saturated rings. The van der Waals surface area contributed by atoms with E-state index in [1.54, 1.807) is 30.7 Å². The van der Waals surface area contributed by atoms with Gasteiger partial charge in [-0.2, -0.15) is 0 Å². The van der Waals surface area contributed by atoms with Crippen molar-refractivity contribution in [3.63, 3.8) is 0 Å². The summed E-state index contributed by atoms with van der Waals surface area (Å²) in [5.41, 5.74) is 6.02. The zero-order valence-electron chi connectivity index (χ0n) is 45.6. The van der Waals surface area contributed by atoms with Crippen LogP contribution < -0.4 is 20.3 Å². The first-order chi connectivity index (χ1) is 33.9. The van der Waals surface area contributed by atoms with Gasteiger partial charge in [-0.1, -0.05) is 145 Å². The Bertz CT molecular complexity index is 2080. The van der Waals surface area contributed by atoms with Crippen LogP contribution in [0.2, 0.25) is 0 Å². The second kappa shape index (κ2) is 36.0. The molecule has 4 aromatic rings. The summed E-state index contributed by atoms with van der Waals surface area (Å²) in [6.45, 7) is 23.5. The quantitative estimate of drug-likeness (QED) is 0.0628. The lowest BCUT2D eigenvalue weighted by Crippen LogP contribution is -2.34. The van der Waals surface area contributed by atoms with E-state index < -0.39 is 5.97 Å². The highest BCUT2D eigenvalue weighted by atomic mass is 16.5. The molecule has 12 heteroatoms. The minimum atomic E-state index is -0.733. The fourth-order valence-electron chi connectivity index (χ4n) is 7.61. The van der Waals surface area contributed by atoms with E-state index in [1.807, 2.05) is 138 Å². The summed E-state index contributed by atoms with van der Waals surface area (Å²) in [6, 6.07) is 30.7. The van der Waals surface area contributed by atoms with Crippen LogP contribution in [-0.2, 0) is 14.4 Å². The van der Waals surface area contributed by atoms with E-state index in [2.05, 4.69) is 44.4 Å². The van der Waals surface area contributed by atoms with Crippen molar-refractivity contribution in [1.29, 1.82) is 0 Å². The Hall–Kier alpha value is -6.01. The SMILES string of the molecule is CC(=O)N(C)c1ccccc1.CC(CN(C)C)C(=O)O.CCCCC(CC)CNC(=O)c1ccccc1-c1ccccc1C(=O)NCC(CC)CCCC.CCN(CC)C(=O)COc1ccc(C)cc1C. The zero-order valence-corrected chi connectivity index (χ0v) is 45.6. The number of rotatable bonds is 24. The Balaban J connectivity index is 0.000000558. The summed E-state index contributed by atoms with van der Waals surface area (Å²) < 4.78 is 5.55. The van der Waals surface area contributed by atoms with Gasteiger partial charge < -0.3 is 35.2 Å². The number of likely N-dealkylation sites (N-methyl/N-ethyl adjacent to an activating group) is 1. The van der Waals surface area contributed by atoms with E-state index in [4.69, 9.17) is 9.84 Å². The van der Waals surface area contributed by atoms with Gasteiger partial charge in [0.05, 0.1) is 5.92 Å². The number of unbranched alkanes of at least 4 members (excludes halogenated alkanes) is 2. The molecule has 0 aliphatic carbocycles. The molecule has 3 N–H and O–H groups in total. The second-order valence-electron chi connectivity index (χ2n) is 18.4. The first-order valence-corrected chi connectivity index (χ1v) is 25.8. The minimum absolute atomic E-state index is 0.0370. The van der Waals surface area contributed by atoms with Gasteiger partial charge in [0.25, 0.3) is 17.7 Å². The molecule has 4 rings (SSSR count). The molecule has 0 heterocycles. The van der Waals surface area contributed by atoms with Crippen LogP contribution in [0.5, 0.6) is 5.75 Å². The molecule has 0 bridgehead atoms. The summed E-state index contributed by atoms with van der Waals surface area (Å²) in [4.78, 5) is 64.4. The van der Waals surface area contributed by atoms with Gasteiger partial charge in [-0.3, -0.25) is 24.0 Å². The smallest absolute Gasteiger partial charge is 0.307 e. The van der Waals surface area contributed by atoms with Crippen molar-refractivity contribution in [3.05, 3.63) is 119 Å². The number of anilines is 1. The van der Waals surface area contributed by atoms with Crippen molar-refractivity contribution >= 4 is 35.3 Å². The van der Waals surface area contributed by atoms with E-state index in [9.17, 15) is 24.0 Å². The number of amides is 4. The summed E-state index contributed by atoms with van der Waals surface area (Å²) in [7, 11) is 5.48. The first kappa shape index (κ1) is 63.0. The van der Waals surface area contributed by atoms with Crippen molar-refractivity contribution < 1.29 is 33.8 Å². The lowest BCUT2D eigenvalue weighted by Gasteiger charge is -2.19. The van der Waals surface area contributed by atoms with Gasteiger partial charge in [-0.25, -0.2) is 0 Å². The van der Waals surface area contributed by atoms with Gasteiger partial charge in [0, 0.05) is 63.5 Å². The van der Waals surface area contributed by atoms with E-state index in [0.29, 0.717) is 42.6 Å². The van der Waals surface area contributed by atoms with Crippen LogP contribution in [-0.4, -0.2) is 105 Å². The average Bonchev–Trinajstić information content (AvgIpc) is 3.36. The molecule has 0 saturated carbocycles. The molecule has 71 heavy (non-hydrogen) atoms. The summed E-state index contributed by atoms with van der Waals surface area (Å²) in [6.07, 6.45) is 9.09. The molecule has 4 amide bonds. The number of ether oxygens (including phenoxy) is 1. The van der Waals surface area contributed by atoms with Gasteiger partial charge in [0.1, 0.15) is 5.75 Å². The molecular formula is C59H89N5O7. The summed E-state index contributed by atoms with van der Waals surface area (Å²) >= 11 is 0. The van der Waals surface area contributed by atoms with Gasteiger partial charge in [0.15, 0.2) is 6.61 Å². The highest BCUT2D eigenvalue weighted by Gasteiger charge is 2.20. The van der Waals surface area contributed by atoms with Crippen molar-refractivity contribution in [2.24, 2.45) is 17.8 Å². The van der Waals surface area contributed by atoms with Gasteiger partial charge in [-0.05, 0) is 113 Å². The molecule has 0 spiro atoms. The van der Waals surface area contributed by atoms with Gasteiger partial charge >= 0.3 is 5.97 Å². The van der Waals surface area contributed by atoms with Crippen LogP contribution in [0.1, 0.15) is 139 Å². The Morgan fingerprint density at radius 3 is 1.49 bits per heavy atom. The molecule has 392 valence electrons. The lowest BCUT2D eigenvalue weighted by atomic mass is 9.94. The van der Waals surface area contributed by atoms with Crippen LogP contribution in [0.15, 0.2) is 97.1 Å². The average molecular weight is 980 g/mol. The van der Waals surface area contributed by atoms with Gasteiger partial charge in [0.2, 0.25) is 5.91 Å². The number of benzene rings is 4. The number of carboxylic acids is 1. The molecule has 3 atom stereocenters. The number of nitrogens with zero attached hydrogens (tertiary/aromatic N) is 3. The molecule has 4 aromatic carbocycles. The fraction of sp³-hybridized carbons (Fsp3) is 0.508. The summed E-state index contributed by atoms with van der Waals surface area (Å²) in [5.74, 6) is 0.713. The summed E-state index contributed by atoms with van der Waals surface area (Å²) in [5, 5.41) is 14.7. The van der Waals surface area contributed by atoms with Crippen molar-refractivity contribution in [1.82, 2.24) is 20.4 Å². The Labute approximate surface area is 427 Å². The van der Waals surface area contributed by atoms with E-state index in [-0.39, 0.29) is 36.2 Å². The highest BCUT2D eigenvalue weighted by Crippen LogP contribution is 2.28. The van der Waals surface area contributed by atoms with Crippen LogP contribution in [0, 0.1) is 31.6 Å². The predicted molar refractivity (Wildman–Crippen MR) is 293 cm³/mol. The maximum atomic E-state index is 13.2. The number of carboxylic acid groups (broad SMARTS) is 1. The third kappa shape index (κ3) is 24.6. The molecule has 12 nitrogen and oxygen atoms in total. The molecule has 0 saturated heterocycles. The number of hydrogen-bond acceptors (Lipinski definition) is 7. The standard InChI is InChI=1S/C30H44N2O2.C14H21NO2.C9H11NO.C6H13NO2/c1-5-9-15-23(7-3)21-31-29(33)27-19-13-11-17-25(27)26-18-12-14-20-28(26)30(34)32-22-24(8-4)16-10-6-2;1-5-15(6-2)14(16)10-17-13-8-7-11(3)9-12(13)4;1-8(11)10(2)9-6-4-3-5-7-9;1-5(6(8)9)4-7(2)3/h11-14,17-20,23-24H,5-10,15-16,21-22H2,1-4H3,(H,31,33)(H,32,34);7-9H,5-6,10H2,1-4H3;3-7H,1-2H3;5H,4H2,1-3H3,(H,8,9). The highest BCUT2D eigenvalue weighted by molar-refractivity contribution is 6.06. The second-order valence-corrected chi connectivity index (χ2v) is 18.4. The van der Waals surface area contributed by atoms with Crippen LogP contribution in [0.4, 0.5) is 5.69 Å². The number of aryl methyl sites for hydroxylation is 2. The lowest BCUT2D eigenvalue weighted by molar-refractivity contribution is -0.141. The molecule has 0 aromatic heterocycles. The Morgan fingerprint density at radius 2 is 1.11 bits per heavy atom. The third-order valence-electron chi connectivity index (χ3n) is 12.3. The number of carbonyl (C=O) groups excluding carboxylic acids is 4. The van der Waals surface area contributed by atoms with Crippen LogP contribution in [0.25, 0.3) is 11.1 Å². The monoisotopic (exact) mass is 980 g/mol. The maximum Gasteiger partial charge on any atom is 0.307 e. The molecule has 0 radical (unpaired) electrons. The van der Waals surface area contributed by atoms with E-state index in [1.165, 1.54) is 31.2 Å². The van der Waals surface area contributed by atoms with Gasteiger partial charge in [-0.15, -0.1) is 0 Å². The largest absolute Gasteiger partial charge is 0.484 e. The maximum absolute atomic E-state index is 13.2. The topological polar surface area (TPSA) is 149 Å². The third-order valence-corrected chi connectivity index (χ3v) is 12.3.